The second kappa shape index (κ2) is 10.3. The van der Waals surface area contributed by atoms with Crippen LogP contribution in [0.4, 0.5) is 0 Å². The van der Waals surface area contributed by atoms with Gasteiger partial charge in [-0.05, 0) is 19.3 Å². The van der Waals surface area contributed by atoms with E-state index in [1.54, 1.807) is 20.8 Å². The Morgan fingerprint density at radius 1 is 0.640 bits per heavy atom. The molecule has 0 bridgehead atoms. The van der Waals surface area contributed by atoms with Crippen LogP contribution in [0.2, 0.25) is 0 Å². The molecule has 0 fully saturated rings. The van der Waals surface area contributed by atoms with Gasteiger partial charge < -0.3 is 15.3 Å². The molecule has 1 aromatic heterocycles. The Balaban J connectivity index is 0.00000576. The zero-order chi connectivity index (χ0) is 18.4. The minimum atomic E-state index is -0.915. The first kappa shape index (κ1) is 23.3. The molecule has 0 spiro atoms. The van der Waals surface area contributed by atoms with Crippen molar-refractivity contribution >= 4 is 0 Å². The molecular formula is C16H31N3O6. The Morgan fingerprint density at radius 3 is 1.00 bits per heavy atom. The van der Waals surface area contributed by atoms with Crippen LogP contribution in [0.15, 0.2) is 14.4 Å². The van der Waals surface area contributed by atoms with Gasteiger partial charge in [0.05, 0.1) is 37.9 Å². The van der Waals surface area contributed by atoms with Crippen LogP contribution >= 0.6 is 0 Å². The molecule has 3 N–H and O–H groups in total. The third-order valence-corrected chi connectivity index (χ3v) is 3.98. The van der Waals surface area contributed by atoms with Gasteiger partial charge in [-0.2, -0.15) is 0 Å². The average Bonchev–Trinajstić information content (AvgIpc) is 2.58. The topological polar surface area (TPSA) is 127 Å². The lowest BCUT2D eigenvalue weighted by molar-refractivity contribution is 0.124. The molecule has 3 unspecified atom stereocenters. The van der Waals surface area contributed by atoms with Crippen LogP contribution < -0.4 is 17.1 Å². The fourth-order valence-corrected chi connectivity index (χ4v) is 2.17. The number of hydrogen-bond acceptors (Lipinski definition) is 6. The lowest BCUT2D eigenvalue weighted by Gasteiger charge is -2.18. The number of rotatable bonds is 9. The average molecular weight is 361 g/mol. The van der Waals surface area contributed by atoms with Crippen molar-refractivity contribution < 1.29 is 15.3 Å². The fourth-order valence-electron chi connectivity index (χ4n) is 2.17. The second-order valence-corrected chi connectivity index (χ2v) is 5.87. The summed E-state index contributed by atoms with van der Waals surface area (Å²) in [5, 5.41) is 29.3. The highest BCUT2D eigenvalue weighted by Gasteiger charge is 2.20. The van der Waals surface area contributed by atoms with E-state index in [4.69, 9.17) is 0 Å². The zero-order valence-electron chi connectivity index (χ0n) is 14.4. The lowest BCUT2D eigenvalue weighted by Crippen LogP contribution is -2.57. The van der Waals surface area contributed by atoms with Crippen LogP contribution in [0, 0.1) is 0 Å². The van der Waals surface area contributed by atoms with Crippen LogP contribution in [0.1, 0.15) is 47.5 Å². The monoisotopic (exact) mass is 361 g/mol. The zero-order valence-corrected chi connectivity index (χ0v) is 14.4. The van der Waals surface area contributed by atoms with Gasteiger partial charge in [-0.3, -0.25) is 0 Å². The fraction of sp³-hybridized carbons (Fsp3) is 0.812. The summed E-state index contributed by atoms with van der Waals surface area (Å²) in [5.74, 6) is 0. The predicted molar refractivity (Wildman–Crippen MR) is 94.8 cm³/mol. The smallest absolute Gasteiger partial charge is 0.336 e. The highest BCUT2D eigenvalue weighted by molar-refractivity contribution is 4.82. The minimum Gasteiger partial charge on any atom is -0.391 e. The van der Waals surface area contributed by atoms with Crippen molar-refractivity contribution in [3.8, 4) is 0 Å². The Kier molecular flexibility index (Phi) is 9.61. The number of nitrogens with zero attached hydrogens (tertiary/aromatic N) is 3. The molecule has 0 aromatic carbocycles. The summed E-state index contributed by atoms with van der Waals surface area (Å²) in [7, 11) is 0. The number of aromatic nitrogens is 3. The van der Waals surface area contributed by atoms with Gasteiger partial charge in [0.2, 0.25) is 0 Å². The molecule has 0 saturated carbocycles. The molecule has 9 nitrogen and oxygen atoms in total. The van der Waals surface area contributed by atoms with Crippen molar-refractivity contribution in [1.82, 2.24) is 13.7 Å². The van der Waals surface area contributed by atoms with E-state index in [0.29, 0.717) is 19.3 Å². The van der Waals surface area contributed by atoms with Gasteiger partial charge in [0, 0.05) is 0 Å². The van der Waals surface area contributed by atoms with Crippen molar-refractivity contribution in [2.24, 2.45) is 0 Å². The predicted octanol–water partition coefficient (Wildman–Crippen LogP) is -0.879. The number of aliphatic hydroxyl groups excluding tert-OH is 3. The van der Waals surface area contributed by atoms with Gasteiger partial charge in [-0.15, -0.1) is 0 Å². The van der Waals surface area contributed by atoms with E-state index < -0.39 is 35.4 Å². The maximum atomic E-state index is 12.4. The quantitative estimate of drug-likeness (QED) is 0.524. The van der Waals surface area contributed by atoms with Gasteiger partial charge in [-0.25, -0.2) is 28.1 Å². The molecule has 0 aliphatic heterocycles. The number of aliphatic hydroxyl groups is 3. The summed E-state index contributed by atoms with van der Waals surface area (Å²) in [6, 6.07) is 0. The molecule has 25 heavy (non-hydrogen) atoms. The molecule has 3 atom stereocenters. The van der Waals surface area contributed by atoms with Crippen molar-refractivity contribution in [2.45, 2.75) is 85.4 Å². The lowest BCUT2D eigenvalue weighted by atomic mass is 10.2. The van der Waals surface area contributed by atoms with E-state index in [-0.39, 0.29) is 27.1 Å². The first-order chi connectivity index (χ1) is 11.3. The molecule has 1 aromatic rings. The van der Waals surface area contributed by atoms with Gasteiger partial charge >= 0.3 is 17.1 Å². The van der Waals surface area contributed by atoms with E-state index in [9.17, 15) is 29.7 Å². The second-order valence-electron chi connectivity index (χ2n) is 5.87. The molecule has 0 aliphatic carbocycles. The van der Waals surface area contributed by atoms with Crippen LogP contribution in [0.25, 0.3) is 0 Å². The SMILES string of the molecule is C.CCC(O)Cn1c(=O)n(CC(O)CC)c(=O)n(CC(O)CC)c1=O. The summed E-state index contributed by atoms with van der Waals surface area (Å²) in [6.07, 6.45) is -1.74. The maximum absolute atomic E-state index is 12.4. The Labute approximate surface area is 146 Å². The normalized spacial score (nSPS) is 14.6. The maximum Gasteiger partial charge on any atom is 0.336 e. The first-order valence-electron chi connectivity index (χ1n) is 8.25. The third kappa shape index (κ3) is 5.65. The first-order valence-corrected chi connectivity index (χ1v) is 8.25. The highest BCUT2D eigenvalue weighted by atomic mass is 16.3. The third-order valence-electron chi connectivity index (χ3n) is 3.98. The van der Waals surface area contributed by atoms with E-state index in [1.807, 2.05) is 0 Å². The van der Waals surface area contributed by atoms with Crippen molar-refractivity contribution in [3.05, 3.63) is 31.5 Å². The van der Waals surface area contributed by atoms with Crippen molar-refractivity contribution in [3.63, 3.8) is 0 Å². The number of hydrogen-bond donors (Lipinski definition) is 3. The Morgan fingerprint density at radius 2 is 0.840 bits per heavy atom. The molecule has 0 radical (unpaired) electrons. The molecular weight excluding hydrogens is 330 g/mol. The highest BCUT2D eigenvalue weighted by Crippen LogP contribution is 1.95. The summed E-state index contributed by atoms with van der Waals surface area (Å²) >= 11 is 0. The summed E-state index contributed by atoms with van der Waals surface area (Å²) in [5.41, 5.74) is -2.60. The minimum absolute atomic E-state index is 0. The van der Waals surface area contributed by atoms with E-state index in [0.717, 1.165) is 13.7 Å². The molecule has 146 valence electrons. The standard InChI is InChI=1S/C15H27N3O6.CH4/c1-4-10(19)7-16-13(22)17(8-11(20)5-2)15(24)18(14(16)23)9-12(21)6-3;/h10-12,19-21H,4-9H2,1-3H3;1H4. The molecule has 1 rings (SSSR count). The summed E-state index contributed by atoms with van der Waals surface area (Å²) < 4.78 is 2.33. The Bertz CT molecular complexity index is 580. The molecule has 9 heteroatoms. The summed E-state index contributed by atoms with van der Waals surface area (Å²) in [6.45, 7) is 4.35. The van der Waals surface area contributed by atoms with Gasteiger partial charge in [-0.1, -0.05) is 28.2 Å². The van der Waals surface area contributed by atoms with Crippen LogP contribution in [-0.2, 0) is 19.6 Å². The van der Waals surface area contributed by atoms with Gasteiger partial charge in [0.25, 0.3) is 0 Å². The summed E-state index contributed by atoms with van der Waals surface area (Å²) in [4.78, 5) is 37.3. The van der Waals surface area contributed by atoms with Crippen molar-refractivity contribution in [1.29, 1.82) is 0 Å². The van der Waals surface area contributed by atoms with Gasteiger partial charge in [0.15, 0.2) is 0 Å². The van der Waals surface area contributed by atoms with Crippen LogP contribution in [0.3, 0.4) is 0 Å². The molecule has 0 amide bonds. The van der Waals surface area contributed by atoms with E-state index >= 15 is 0 Å². The molecule has 0 saturated heterocycles. The van der Waals surface area contributed by atoms with Crippen LogP contribution in [0.5, 0.6) is 0 Å². The van der Waals surface area contributed by atoms with Crippen LogP contribution in [-0.4, -0.2) is 47.3 Å². The molecule has 1 heterocycles. The molecule has 0 aliphatic rings. The Hall–Kier alpha value is -1.71. The van der Waals surface area contributed by atoms with E-state index in [1.165, 1.54) is 0 Å². The van der Waals surface area contributed by atoms with Crippen molar-refractivity contribution in [2.75, 3.05) is 0 Å². The largest absolute Gasteiger partial charge is 0.391 e. The van der Waals surface area contributed by atoms with E-state index in [2.05, 4.69) is 0 Å². The van der Waals surface area contributed by atoms with Gasteiger partial charge in [0.1, 0.15) is 0 Å².